The number of piperazine rings is 1. The molecular formula is C14H16N2O4. The fourth-order valence-corrected chi connectivity index (χ4v) is 2.29. The molecular weight excluding hydrogens is 260 g/mol. The molecule has 1 aromatic carbocycles. The van der Waals surface area contributed by atoms with E-state index in [1.807, 2.05) is 0 Å². The topological polar surface area (TPSA) is 67.9 Å². The highest BCUT2D eigenvalue weighted by atomic mass is 16.5. The minimum Gasteiger partial charge on any atom is -0.490 e. The van der Waals surface area contributed by atoms with E-state index in [2.05, 4.69) is 5.32 Å². The van der Waals surface area contributed by atoms with Crippen molar-refractivity contribution in [2.75, 3.05) is 32.8 Å². The summed E-state index contributed by atoms with van der Waals surface area (Å²) in [6.45, 7) is 2.32. The van der Waals surface area contributed by atoms with Crippen molar-refractivity contribution in [3.63, 3.8) is 0 Å². The molecule has 1 saturated heterocycles. The maximum atomic E-state index is 12.4. The molecule has 0 radical (unpaired) electrons. The number of fused-ring (bicyclic) bond motifs is 1. The van der Waals surface area contributed by atoms with E-state index in [0.717, 1.165) is 6.42 Å². The molecule has 2 aliphatic heterocycles. The summed E-state index contributed by atoms with van der Waals surface area (Å²) >= 11 is 0. The number of ether oxygens (including phenoxy) is 2. The molecule has 1 fully saturated rings. The van der Waals surface area contributed by atoms with Gasteiger partial charge in [0.25, 0.3) is 5.91 Å². The third-order valence-electron chi connectivity index (χ3n) is 3.32. The lowest BCUT2D eigenvalue weighted by Crippen LogP contribution is -2.49. The Bertz CT molecular complexity index is 544. The fourth-order valence-electron chi connectivity index (χ4n) is 2.29. The lowest BCUT2D eigenvalue weighted by atomic mass is 10.1. The molecule has 106 valence electrons. The van der Waals surface area contributed by atoms with E-state index in [0.29, 0.717) is 43.4 Å². The molecule has 1 aromatic rings. The third kappa shape index (κ3) is 2.54. The van der Waals surface area contributed by atoms with Crippen molar-refractivity contribution in [3.05, 3.63) is 23.8 Å². The van der Waals surface area contributed by atoms with Gasteiger partial charge in [-0.2, -0.15) is 0 Å². The summed E-state index contributed by atoms with van der Waals surface area (Å²) < 4.78 is 11.1. The van der Waals surface area contributed by atoms with E-state index >= 15 is 0 Å². The summed E-state index contributed by atoms with van der Waals surface area (Å²) in [5, 5.41) is 2.70. The van der Waals surface area contributed by atoms with Gasteiger partial charge in [-0.15, -0.1) is 0 Å². The molecule has 0 atom stereocenters. The Kier molecular flexibility index (Phi) is 3.45. The second-order valence-corrected chi connectivity index (χ2v) is 4.79. The van der Waals surface area contributed by atoms with Gasteiger partial charge in [-0.25, -0.2) is 0 Å². The minimum absolute atomic E-state index is 0.104. The van der Waals surface area contributed by atoms with Crippen LogP contribution >= 0.6 is 0 Å². The van der Waals surface area contributed by atoms with E-state index in [4.69, 9.17) is 9.47 Å². The highest BCUT2D eigenvalue weighted by Crippen LogP contribution is 2.30. The van der Waals surface area contributed by atoms with Gasteiger partial charge in [-0.1, -0.05) is 0 Å². The quantitative estimate of drug-likeness (QED) is 0.807. The van der Waals surface area contributed by atoms with Crippen LogP contribution < -0.4 is 14.8 Å². The van der Waals surface area contributed by atoms with Crippen LogP contribution in [0.3, 0.4) is 0 Å². The van der Waals surface area contributed by atoms with Crippen molar-refractivity contribution in [2.24, 2.45) is 0 Å². The molecule has 0 bridgehead atoms. The second kappa shape index (κ2) is 5.40. The van der Waals surface area contributed by atoms with Crippen LogP contribution in [0.15, 0.2) is 18.2 Å². The predicted octanol–water partition coefficient (Wildman–Crippen LogP) is 0.420. The first-order chi connectivity index (χ1) is 9.74. The van der Waals surface area contributed by atoms with E-state index in [1.54, 1.807) is 18.2 Å². The van der Waals surface area contributed by atoms with Gasteiger partial charge in [0.2, 0.25) is 5.91 Å². The first-order valence-corrected chi connectivity index (χ1v) is 6.70. The third-order valence-corrected chi connectivity index (χ3v) is 3.32. The maximum Gasteiger partial charge on any atom is 0.254 e. The van der Waals surface area contributed by atoms with Gasteiger partial charge >= 0.3 is 0 Å². The van der Waals surface area contributed by atoms with Crippen molar-refractivity contribution in [1.29, 1.82) is 0 Å². The zero-order chi connectivity index (χ0) is 13.9. The van der Waals surface area contributed by atoms with Crippen LogP contribution in [0, 0.1) is 0 Å². The zero-order valence-corrected chi connectivity index (χ0v) is 11.1. The molecule has 20 heavy (non-hydrogen) atoms. The first-order valence-electron chi connectivity index (χ1n) is 6.70. The summed E-state index contributed by atoms with van der Waals surface area (Å²) in [4.78, 5) is 25.2. The number of hydrogen-bond donors (Lipinski definition) is 1. The summed E-state index contributed by atoms with van der Waals surface area (Å²) in [6.07, 6.45) is 0.824. The maximum absolute atomic E-state index is 12.4. The first kappa shape index (κ1) is 12.8. The smallest absolute Gasteiger partial charge is 0.254 e. The predicted molar refractivity (Wildman–Crippen MR) is 71.0 cm³/mol. The molecule has 0 aliphatic carbocycles. The lowest BCUT2D eigenvalue weighted by molar-refractivity contribution is -0.123. The lowest BCUT2D eigenvalue weighted by Gasteiger charge is -2.26. The Labute approximate surface area is 116 Å². The van der Waals surface area contributed by atoms with E-state index < -0.39 is 0 Å². The number of benzene rings is 1. The molecule has 6 heteroatoms. The van der Waals surface area contributed by atoms with Crippen molar-refractivity contribution in [3.8, 4) is 11.5 Å². The van der Waals surface area contributed by atoms with Crippen molar-refractivity contribution in [2.45, 2.75) is 6.42 Å². The number of nitrogens with one attached hydrogen (secondary N) is 1. The van der Waals surface area contributed by atoms with Gasteiger partial charge in [0.1, 0.15) is 0 Å². The normalized spacial score (nSPS) is 18.2. The van der Waals surface area contributed by atoms with Gasteiger partial charge in [-0.3, -0.25) is 9.59 Å². The van der Waals surface area contributed by atoms with E-state index in [9.17, 15) is 9.59 Å². The zero-order valence-electron chi connectivity index (χ0n) is 11.1. The average Bonchev–Trinajstić information content (AvgIpc) is 2.71. The summed E-state index contributed by atoms with van der Waals surface area (Å²) in [5.74, 6) is 0.972. The Hall–Kier alpha value is -2.24. The number of carbonyl (C=O) groups is 2. The van der Waals surface area contributed by atoms with Crippen molar-refractivity contribution < 1.29 is 19.1 Å². The molecule has 2 aliphatic rings. The van der Waals surface area contributed by atoms with Crippen molar-refractivity contribution >= 4 is 11.8 Å². The largest absolute Gasteiger partial charge is 0.490 e. The minimum atomic E-state index is -0.157. The fraction of sp³-hybridized carbons (Fsp3) is 0.429. The number of rotatable bonds is 1. The molecule has 0 saturated carbocycles. The standard InChI is InChI=1S/C14H16N2O4/c17-13-9-16(5-4-15-13)14(18)10-2-3-11-12(8-10)20-7-1-6-19-11/h2-3,8H,1,4-7,9H2,(H,15,17). The highest BCUT2D eigenvalue weighted by Gasteiger charge is 2.23. The van der Waals surface area contributed by atoms with E-state index in [-0.39, 0.29) is 18.4 Å². The summed E-state index contributed by atoms with van der Waals surface area (Å²) in [5.41, 5.74) is 0.518. The van der Waals surface area contributed by atoms with E-state index in [1.165, 1.54) is 4.90 Å². The molecule has 1 N–H and O–H groups in total. The summed E-state index contributed by atoms with van der Waals surface area (Å²) in [6, 6.07) is 5.15. The van der Waals surface area contributed by atoms with Crippen LogP contribution in [0.4, 0.5) is 0 Å². The number of amides is 2. The van der Waals surface area contributed by atoms with Crippen LogP contribution in [0.25, 0.3) is 0 Å². The van der Waals surface area contributed by atoms with Gasteiger partial charge in [0.15, 0.2) is 11.5 Å². The second-order valence-electron chi connectivity index (χ2n) is 4.79. The Morgan fingerprint density at radius 2 is 2.00 bits per heavy atom. The Morgan fingerprint density at radius 3 is 2.80 bits per heavy atom. The van der Waals surface area contributed by atoms with Crippen LogP contribution in [0.2, 0.25) is 0 Å². The molecule has 0 spiro atoms. The molecule has 6 nitrogen and oxygen atoms in total. The van der Waals surface area contributed by atoms with Gasteiger partial charge < -0.3 is 19.7 Å². The Morgan fingerprint density at radius 1 is 1.20 bits per heavy atom. The average molecular weight is 276 g/mol. The number of carbonyl (C=O) groups excluding carboxylic acids is 2. The molecule has 0 aromatic heterocycles. The van der Waals surface area contributed by atoms with Crippen LogP contribution in [0.5, 0.6) is 11.5 Å². The van der Waals surface area contributed by atoms with Crippen LogP contribution in [-0.2, 0) is 4.79 Å². The highest BCUT2D eigenvalue weighted by molar-refractivity contribution is 5.97. The van der Waals surface area contributed by atoms with Crippen molar-refractivity contribution in [1.82, 2.24) is 10.2 Å². The number of nitrogens with zero attached hydrogens (tertiary/aromatic N) is 1. The van der Waals surface area contributed by atoms with Gasteiger partial charge in [0, 0.05) is 25.1 Å². The SMILES string of the molecule is O=C1CN(C(=O)c2ccc3c(c2)OCCCO3)CCN1. The number of hydrogen-bond acceptors (Lipinski definition) is 4. The van der Waals surface area contributed by atoms with Gasteiger partial charge in [0.05, 0.1) is 19.8 Å². The summed E-state index contributed by atoms with van der Waals surface area (Å²) in [7, 11) is 0. The molecule has 0 unspecified atom stereocenters. The monoisotopic (exact) mass is 276 g/mol. The molecule has 3 rings (SSSR count). The molecule has 2 heterocycles. The molecule has 2 amide bonds. The van der Waals surface area contributed by atoms with Crippen LogP contribution in [0.1, 0.15) is 16.8 Å². The van der Waals surface area contributed by atoms with Gasteiger partial charge in [-0.05, 0) is 18.2 Å². The Balaban J connectivity index is 1.81. The van der Waals surface area contributed by atoms with Crippen LogP contribution in [-0.4, -0.2) is 49.6 Å².